The Bertz CT molecular complexity index is 481. The SMILES string of the molecule is C[C@H](NC(=O)C1CCCCC1)C(=O)NCC(N1CCNCC1)C(F)(F)F.Cl. The maximum absolute atomic E-state index is 13.3. The summed E-state index contributed by atoms with van der Waals surface area (Å²) in [5.74, 6) is -0.858. The van der Waals surface area contributed by atoms with Gasteiger partial charge in [0.1, 0.15) is 12.1 Å². The Labute approximate surface area is 164 Å². The van der Waals surface area contributed by atoms with Crippen LogP contribution in [0.15, 0.2) is 0 Å². The van der Waals surface area contributed by atoms with Crippen LogP contribution in [0, 0.1) is 5.92 Å². The number of amides is 2. The summed E-state index contributed by atoms with van der Waals surface area (Å²) < 4.78 is 40.0. The van der Waals surface area contributed by atoms with Gasteiger partial charge in [-0.05, 0) is 19.8 Å². The molecule has 3 N–H and O–H groups in total. The van der Waals surface area contributed by atoms with Gasteiger partial charge in [-0.15, -0.1) is 12.4 Å². The molecule has 1 heterocycles. The first kappa shape index (κ1) is 24.0. The van der Waals surface area contributed by atoms with Crippen molar-refractivity contribution in [3.05, 3.63) is 0 Å². The molecule has 2 amide bonds. The minimum Gasteiger partial charge on any atom is -0.352 e. The van der Waals surface area contributed by atoms with E-state index >= 15 is 0 Å². The Morgan fingerprint density at radius 2 is 1.74 bits per heavy atom. The Morgan fingerprint density at radius 1 is 1.15 bits per heavy atom. The molecule has 1 unspecified atom stereocenters. The molecule has 2 fully saturated rings. The van der Waals surface area contributed by atoms with E-state index in [2.05, 4.69) is 16.0 Å². The molecule has 1 saturated heterocycles. The highest BCUT2D eigenvalue weighted by molar-refractivity contribution is 5.88. The summed E-state index contributed by atoms with van der Waals surface area (Å²) >= 11 is 0. The molecule has 0 radical (unpaired) electrons. The summed E-state index contributed by atoms with van der Waals surface area (Å²) in [6, 6.07) is -2.56. The number of piperazine rings is 1. The summed E-state index contributed by atoms with van der Waals surface area (Å²) in [7, 11) is 0. The van der Waals surface area contributed by atoms with Gasteiger partial charge in [0, 0.05) is 38.6 Å². The van der Waals surface area contributed by atoms with Crippen molar-refractivity contribution in [2.75, 3.05) is 32.7 Å². The van der Waals surface area contributed by atoms with Crippen molar-refractivity contribution in [1.29, 1.82) is 0 Å². The van der Waals surface area contributed by atoms with Gasteiger partial charge in [0.2, 0.25) is 11.8 Å². The van der Waals surface area contributed by atoms with Crippen molar-refractivity contribution in [3.63, 3.8) is 0 Å². The largest absolute Gasteiger partial charge is 0.405 e. The van der Waals surface area contributed by atoms with Crippen molar-refractivity contribution in [3.8, 4) is 0 Å². The maximum atomic E-state index is 13.3. The Hall–Kier alpha value is -1.06. The van der Waals surface area contributed by atoms with Crippen LogP contribution in [-0.2, 0) is 9.59 Å². The molecule has 0 aromatic carbocycles. The average Bonchev–Trinajstić information content (AvgIpc) is 2.62. The van der Waals surface area contributed by atoms with E-state index in [1.165, 1.54) is 11.8 Å². The molecule has 0 bridgehead atoms. The van der Waals surface area contributed by atoms with Gasteiger partial charge in [0.25, 0.3) is 0 Å². The van der Waals surface area contributed by atoms with Crippen molar-refractivity contribution < 1.29 is 22.8 Å². The van der Waals surface area contributed by atoms with Gasteiger partial charge >= 0.3 is 6.18 Å². The van der Waals surface area contributed by atoms with Crippen LogP contribution in [0.4, 0.5) is 13.2 Å². The predicted octanol–water partition coefficient (Wildman–Crippen LogP) is 1.45. The number of nitrogens with one attached hydrogen (secondary N) is 3. The summed E-state index contributed by atoms with van der Waals surface area (Å²) in [6.45, 7) is 2.56. The third kappa shape index (κ3) is 7.46. The topological polar surface area (TPSA) is 73.5 Å². The van der Waals surface area contributed by atoms with Crippen molar-refractivity contribution >= 4 is 24.2 Å². The smallest absolute Gasteiger partial charge is 0.352 e. The first-order valence-corrected chi connectivity index (χ1v) is 9.38. The molecule has 2 atom stereocenters. The quantitative estimate of drug-likeness (QED) is 0.615. The van der Waals surface area contributed by atoms with Crippen LogP contribution in [0.2, 0.25) is 0 Å². The molecule has 0 aromatic rings. The van der Waals surface area contributed by atoms with Gasteiger partial charge < -0.3 is 16.0 Å². The summed E-state index contributed by atoms with van der Waals surface area (Å²) in [5, 5.41) is 8.01. The zero-order valence-corrected chi connectivity index (χ0v) is 16.4. The molecule has 2 rings (SSSR count). The highest BCUT2D eigenvalue weighted by atomic mass is 35.5. The number of halogens is 4. The Morgan fingerprint density at radius 3 is 2.30 bits per heavy atom. The van der Waals surface area contributed by atoms with Gasteiger partial charge in [0.05, 0.1) is 0 Å². The number of alkyl halides is 3. The van der Waals surface area contributed by atoms with Gasteiger partial charge in [-0.3, -0.25) is 14.5 Å². The van der Waals surface area contributed by atoms with Crippen LogP contribution >= 0.6 is 12.4 Å². The monoisotopic (exact) mass is 414 g/mol. The van der Waals surface area contributed by atoms with E-state index in [1.807, 2.05) is 0 Å². The highest BCUT2D eigenvalue weighted by Gasteiger charge is 2.44. The van der Waals surface area contributed by atoms with Gasteiger partial charge in [-0.1, -0.05) is 19.3 Å². The number of carbonyl (C=O) groups excluding carboxylic acids is 2. The van der Waals surface area contributed by atoms with Gasteiger partial charge in [-0.2, -0.15) is 13.2 Å². The molecule has 10 heteroatoms. The molecule has 2 aliphatic rings. The minimum atomic E-state index is -4.42. The number of hydrogen-bond donors (Lipinski definition) is 3. The maximum Gasteiger partial charge on any atom is 0.405 e. The van der Waals surface area contributed by atoms with Crippen LogP contribution in [0.25, 0.3) is 0 Å². The molecule has 1 aliphatic carbocycles. The second kappa shape index (κ2) is 11.1. The molecule has 27 heavy (non-hydrogen) atoms. The molecule has 6 nitrogen and oxygen atoms in total. The number of rotatable bonds is 6. The Balaban J connectivity index is 0.00000364. The fourth-order valence-corrected chi connectivity index (χ4v) is 3.56. The van der Waals surface area contributed by atoms with Crippen LogP contribution < -0.4 is 16.0 Å². The second-order valence-electron chi connectivity index (χ2n) is 7.15. The van der Waals surface area contributed by atoms with E-state index in [4.69, 9.17) is 0 Å². The van der Waals surface area contributed by atoms with Crippen LogP contribution in [0.1, 0.15) is 39.0 Å². The standard InChI is InChI=1S/C17H29F3N4O2.ClH/c1-12(23-16(26)13-5-3-2-4-6-13)15(25)22-11-14(17(18,19)20)24-9-7-21-8-10-24;/h12-14,21H,2-11H2,1H3,(H,22,25)(H,23,26);1H/t12-,14?;/m0./s1. The van der Waals surface area contributed by atoms with Crippen molar-refractivity contribution in [2.45, 2.75) is 57.3 Å². The van der Waals surface area contributed by atoms with Gasteiger partial charge in [0.15, 0.2) is 0 Å². The normalized spacial score (nSPS) is 21.6. The molecule has 158 valence electrons. The fraction of sp³-hybridized carbons (Fsp3) is 0.882. The van der Waals surface area contributed by atoms with E-state index in [9.17, 15) is 22.8 Å². The molecular formula is C17H30ClF3N4O2. The lowest BCUT2D eigenvalue weighted by Crippen LogP contribution is -2.58. The first-order chi connectivity index (χ1) is 12.3. The van der Waals surface area contributed by atoms with Crippen LogP contribution in [0.5, 0.6) is 0 Å². The molecule has 0 spiro atoms. The second-order valence-corrected chi connectivity index (χ2v) is 7.15. The van der Waals surface area contributed by atoms with Crippen LogP contribution in [-0.4, -0.2) is 67.7 Å². The number of hydrogen-bond acceptors (Lipinski definition) is 4. The summed E-state index contributed by atoms with van der Waals surface area (Å²) in [6.07, 6.45) is 0.301. The van der Waals surface area contributed by atoms with Crippen molar-refractivity contribution in [2.24, 2.45) is 5.92 Å². The molecule has 1 saturated carbocycles. The summed E-state index contributed by atoms with van der Waals surface area (Å²) in [4.78, 5) is 25.7. The summed E-state index contributed by atoms with van der Waals surface area (Å²) in [5.41, 5.74) is 0. The highest BCUT2D eigenvalue weighted by Crippen LogP contribution is 2.25. The number of carbonyl (C=O) groups is 2. The lowest BCUT2D eigenvalue weighted by atomic mass is 9.88. The molecular weight excluding hydrogens is 385 g/mol. The van der Waals surface area contributed by atoms with E-state index in [1.54, 1.807) is 0 Å². The lowest BCUT2D eigenvalue weighted by molar-refractivity contribution is -0.184. The third-order valence-electron chi connectivity index (χ3n) is 5.17. The van der Waals surface area contributed by atoms with Crippen LogP contribution in [0.3, 0.4) is 0 Å². The van der Waals surface area contributed by atoms with Gasteiger partial charge in [-0.25, -0.2) is 0 Å². The van der Waals surface area contributed by atoms with E-state index < -0.39 is 30.7 Å². The average molecular weight is 415 g/mol. The third-order valence-corrected chi connectivity index (χ3v) is 5.17. The predicted molar refractivity (Wildman–Crippen MR) is 98.7 cm³/mol. The zero-order chi connectivity index (χ0) is 19.2. The Kier molecular flexibility index (Phi) is 9.83. The number of nitrogens with zero attached hydrogens (tertiary/aromatic N) is 1. The molecule has 1 aliphatic heterocycles. The zero-order valence-electron chi connectivity index (χ0n) is 15.6. The first-order valence-electron chi connectivity index (χ1n) is 9.38. The molecule has 0 aromatic heterocycles. The minimum absolute atomic E-state index is 0. The van der Waals surface area contributed by atoms with E-state index in [0.717, 1.165) is 32.1 Å². The lowest BCUT2D eigenvalue weighted by Gasteiger charge is -2.36. The van der Waals surface area contributed by atoms with Crippen molar-refractivity contribution in [1.82, 2.24) is 20.9 Å². The fourth-order valence-electron chi connectivity index (χ4n) is 3.56. The van der Waals surface area contributed by atoms with E-state index in [0.29, 0.717) is 13.1 Å². The van der Waals surface area contributed by atoms with E-state index in [-0.39, 0.29) is 37.3 Å².